The highest BCUT2D eigenvalue weighted by Crippen LogP contribution is 2.26. The predicted octanol–water partition coefficient (Wildman–Crippen LogP) is 1.81. The van der Waals surface area contributed by atoms with E-state index in [1.54, 1.807) is 18.2 Å². The van der Waals surface area contributed by atoms with Crippen molar-refractivity contribution in [1.29, 1.82) is 5.41 Å². The third kappa shape index (κ3) is 1.69. The summed E-state index contributed by atoms with van der Waals surface area (Å²) in [5, 5.41) is 7.22. The first-order valence-electron chi connectivity index (χ1n) is 4.47. The van der Waals surface area contributed by atoms with Crippen molar-refractivity contribution in [2.75, 3.05) is 5.73 Å². The zero-order valence-electron chi connectivity index (χ0n) is 8.03. The van der Waals surface area contributed by atoms with E-state index in [2.05, 4.69) is 0 Å². The van der Waals surface area contributed by atoms with Crippen LogP contribution in [-0.4, -0.2) is 5.84 Å². The molecule has 0 saturated carbocycles. The Labute approximate surface area is 87.0 Å². The van der Waals surface area contributed by atoms with Crippen LogP contribution in [0.15, 0.2) is 40.8 Å². The van der Waals surface area contributed by atoms with Crippen molar-refractivity contribution in [3.8, 4) is 11.3 Å². The molecule has 1 heterocycles. The number of nitrogen functional groups attached to an aromatic ring is 2. The molecule has 5 N–H and O–H groups in total. The van der Waals surface area contributed by atoms with Gasteiger partial charge in [-0.15, -0.1) is 0 Å². The van der Waals surface area contributed by atoms with Gasteiger partial charge in [0.1, 0.15) is 5.76 Å². The van der Waals surface area contributed by atoms with Gasteiger partial charge in [0.2, 0.25) is 0 Å². The average Bonchev–Trinajstić information content (AvgIpc) is 2.67. The molecule has 0 aliphatic heterocycles. The monoisotopic (exact) mass is 201 g/mol. The first kappa shape index (κ1) is 9.33. The average molecular weight is 201 g/mol. The number of rotatable bonds is 2. The normalized spacial score (nSPS) is 10.1. The molecule has 4 nitrogen and oxygen atoms in total. The molecule has 0 aliphatic carbocycles. The number of amidine groups is 1. The molecule has 0 spiro atoms. The zero-order chi connectivity index (χ0) is 10.8. The minimum absolute atomic E-state index is 0.0873. The number of para-hydroxylation sites is 1. The lowest BCUT2D eigenvalue weighted by atomic mass is 10.1. The molecule has 1 aromatic carbocycles. The van der Waals surface area contributed by atoms with E-state index in [-0.39, 0.29) is 5.84 Å². The smallest absolute Gasteiger partial charge is 0.168 e. The van der Waals surface area contributed by atoms with Crippen molar-refractivity contribution >= 4 is 11.5 Å². The number of benzene rings is 1. The Bertz CT molecular complexity index is 502. The number of hydrogen-bond donors (Lipinski definition) is 3. The number of nitrogens with one attached hydrogen (secondary N) is 1. The van der Waals surface area contributed by atoms with Gasteiger partial charge in [0.25, 0.3) is 0 Å². The first-order valence-corrected chi connectivity index (χ1v) is 4.47. The molecule has 0 aliphatic rings. The van der Waals surface area contributed by atoms with Gasteiger partial charge in [-0.3, -0.25) is 5.41 Å². The van der Waals surface area contributed by atoms with Crippen molar-refractivity contribution in [1.82, 2.24) is 0 Å². The van der Waals surface area contributed by atoms with Gasteiger partial charge in [-0.05, 0) is 24.3 Å². The van der Waals surface area contributed by atoms with Gasteiger partial charge >= 0.3 is 0 Å². The van der Waals surface area contributed by atoms with Crippen LogP contribution in [0.3, 0.4) is 0 Å². The van der Waals surface area contributed by atoms with Crippen molar-refractivity contribution in [3.05, 3.63) is 42.2 Å². The zero-order valence-corrected chi connectivity index (χ0v) is 8.03. The van der Waals surface area contributed by atoms with Crippen LogP contribution in [0.5, 0.6) is 0 Å². The molecule has 0 bridgehead atoms. The SMILES string of the molecule is N=C(N)c1ccc(-c2ccccc2N)o1. The minimum Gasteiger partial charge on any atom is -0.453 e. The summed E-state index contributed by atoms with van der Waals surface area (Å²) in [5.41, 5.74) is 12.5. The lowest BCUT2D eigenvalue weighted by Crippen LogP contribution is -2.09. The van der Waals surface area contributed by atoms with Gasteiger partial charge < -0.3 is 15.9 Å². The van der Waals surface area contributed by atoms with Gasteiger partial charge in [-0.25, -0.2) is 0 Å². The second kappa shape index (κ2) is 3.49. The van der Waals surface area contributed by atoms with E-state index in [4.69, 9.17) is 21.3 Å². The summed E-state index contributed by atoms with van der Waals surface area (Å²) in [6.45, 7) is 0. The summed E-state index contributed by atoms with van der Waals surface area (Å²) in [4.78, 5) is 0. The van der Waals surface area contributed by atoms with Crippen molar-refractivity contribution in [3.63, 3.8) is 0 Å². The third-order valence-electron chi connectivity index (χ3n) is 2.10. The van der Waals surface area contributed by atoms with E-state index in [1.807, 2.05) is 18.2 Å². The summed E-state index contributed by atoms with van der Waals surface area (Å²) in [5.74, 6) is 0.891. The second-order valence-electron chi connectivity index (χ2n) is 3.16. The van der Waals surface area contributed by atoms with Crippen LogP contribution in [0.2, 0.25) is 0 Å². The molecule has 0 amide bonds. The Morgan fingerprint density at radius 1 is 1.13 bits per heavy atom. The molecule has 76 valence electrons. The molecule has 0 saturated heterocycles. The summed E-state index contributed by atoms with van der Waals surface area (Å²) in [7, 11) is 0. The summed E-state index contributed by atoms with van der Waals surface area (Å²) in [6, 6.07) is 10.8. The molecule has 0 atom stereocenters. The number of hydrogen-bond acceptors (Lipinski definition) is 3. The van der Waals surface area contributed by atoms with Gasteiger partial charge in [-0.2, -0.15) is 0 Å². The molecule has 2 aromatic rings. The summed E-state index contributed by atoms with van der Waals surface area (Å²) >= 11 is 0. The summed E-state index contributed by atoms with van der Waals surface area (Å²) < 4.78 is 5.38. The molecule has 2 rings (SSSR count). The highest BCUT2D eigenvalue weighted by Gasteiger charge is 2.08. The van der Waals surface area contributed by atoms with E-state index >= 15 is 0 Å². The maximum absolute atomic E-state index is 7.22. The van der Waals surface area contributed by atoms with Gasteiger partial charge in [0, 0.05) is 11.3 Å². The number of furan rings is 1. The fourth-order valence-corrected chi connectivity index (χ4v) is 1.35. The number of nitrogens with two attached hydrogens (primary N) is 2. The Hall–Kier alpha value is -2.23. The van der Waals surface area contributed by atoms with Crippen LogP contribution in [0.1, 0.15) is 5.76 Å². The fourth-order valence-electron chi connectivity index (χ4n) is 1.35. The fraction of sp³-hybridized carbons (Fsp3) is 0. The Morgan fingerprint density at radius 2 is 1.87 bits per heavy atom. The minimum atomic E-state index is -0.0873. The molecular weight excluding hydrogens is 190 g/mol. The highest BCUT2D eigenvalue weighted by molar-refractivity contribution is 5.93. The first-order chi connectivity index (χ1) is 7.18. The maximum Gasteiger partial charge on any atom is 0.168 e. The van der Waals surface area contributed by atoms with E-state index < -0.39 is 0 Å². The molecule has 0 fully saturated rings. The standard InChI is InChI=1S/C11H11N3O/c12-8-4-2-1-3-7(8)9-5-6-10(15-9)11(13)14/h1-6H,12H2,(H3,13,14). The van der Waals surface area contributed by atoms with Crippen LogP contribution < -0.4 is 11.5 Å². The van der Waals surface area contributed by atoms with Gasteiger partial charge in [-0.1, -0.05) is 12.1 Å². The predicted molar refractivity (Wildman–Crippen MR) is 59.6 cm³/mol. The third-order valence-corrected chi connectivity index (χ3v) is 2.10. The van der Waals surface area contributed by atoms with Crippen molar-refractivity contribution < 1.29 is 4.42 Å². The van der Waals surface area contributed by atoms with Gasteiger partial charge in [0.15, 0.2) is 11.6 Å². The van der Waals surface area contributed by atoms with E-state index in [9.17, 15) is 0 Å². The van der Waals surface area contributed by atoms with Crippen LogP contribution in [-0.2, 0) is 0 Å². The highest BCUT2D eigenvalue weighted by atomic mass is 16.3. The van der Waals surface area contributed by atoms with Crippen molar-refractivity contribution in [2.45, 2.75) is 0 Å². The second-order valence-corrected chi connectivity index (χ2v) is 3.16. The maximum atomic E-state index is 7.22. The Kier molecular flexibility index (Phi) is 2.17. The van der Waals surface area contributed by atoms with Crippen LogP contribution in [0, 0.1) is 5.41 Å². The lowest BCUT2D eigenvalue weighted by Gasteiger charge is -2.00. The van der Waals surface area contributed by atoms with Crippen LogP contribution in [0.4, 0.5) is 5.69 Å². The lowest BCUT2D eigenvalue weighted by molar-refractivity contribution is 0.571. The molecule has 1 aromatic heterocycles. The molecule has 15 heavy (non-hydrogen) atoms. The quantitative estimate of drug-likeness (QED) is 0.393. The van der Waals surface area contributed by atoms with Gasteiger partial charge in [0.05, 0.1) is 0 Å². The topological polar surface area (TPSA) is 89.0 Å². The summed E-state index contributed by atoms with van der Waals surface area (Å²) in [6.07, 6.45) is 0. The molecule has 0 unspecified atom stereocenters. The molecular formula is C11H11N3O. The van der Waals surface area contributed by atoms with Crippen molar-refractivity contribution in [2.24, 2.45) is 5.73 Å². The Morgan fingerprint density at radius 3 is 2.47 bits per heavy atom. The Balaban J connectivity index is 2.46. The van der Waals surface area contributed by atoms with E-state index in [0.717, 1.165) is 5.56 Å². The van der Waals surface area contributed by atoms with Crippen LogP contribution >= 0.6 is 0 Å². The van der Waals surface area contributed by atoms with E-state index in [0.29, 0.717) is 17.2 Å². The van der Waals surface area contributed by atoms with E-state index in [1.165, 1.54) is 0 Å². The molecule has 4 heteroatoms. The van der Waals surface area contributed by atoms with Crippen LogP contribution in [0.25, 0.3) is 11.3 Å². The molecule has 0 radical (unpaired) electrons. The number of anilines is 1. The largest absolute Gasteiger partial charge is 0.453 e.